The van der Waals surface area contributed by atoms with Crippen LogP contribution in [0.25, 0.3) is 0 Å². The predicted octanol–water partition coefficient (Wildman–Crippen LogP) is 2.14. The van der Waals surface area contributed by atoms with Crippen LogP contribution in [0.15, 0.2) is 58.8 Å². The summed E-state index contributed by atoms with van der Waals surface area (Å²) in [6.45, 7) is 1.41. The van der Waals surface area contributed by atoms with Crippen molar-refractivity contribution in [3.05, 3.63) is 54.1 Å². The molecule has 166 valence electrons. The van der Waals surface area contributed by atoms with Crippen molar-refractivity contribution in [1.29, 1.82) is 0 Å². The van der Waals surface area contributed by atoms with E-state index < -0.39 is 0 Å². The highest BCUT2D eigenvalue weighted by atomic mass is 32.2. The third-order valence-corrected chi connectivity index (χ3v) is 4.91. The molecule has 2 aromatic carbocycles. The van der Waals surface area contributed by atoms with E-state index in [-0.39, 0.29) is 23.5 Å². The van der Waals surface area contributed by atoms with Crippen molar-refractivity contribution in [3.63, 3.8) is 0 Å². The Kier molecular flexibility index (Phi) is 7.65. The van der Waals surface area contributed by atoms with E-state index in [0.29, 0.717) is 22.3 Å². The highest BCUT2D eigenvalue weighted by Gasteiger charge is 2.12. The number of hydrogen-bond acceptors (Lipinski definition) is 9. The summed E-state index contributed by atoms with van der Waals surface area (Å²) in [6.07, 6.45) is 1.57. The maximum atomic E-state index is 12.3. The number of methoxy groups -OCH3 is 1. The summed E-state index contributed by atoms with van der Waals surface area (Å²) in [5.74, 6) is 6.48. The SMILES string of the molecule is COc1ccccc1/C=N/Nc1nnc(SCC(=O)Nc2cccc(NC(C)=O)c2)n1N. The van der Waals surface area contributed by atoms with Gasteiger partial charge in [-0.15, -0.1) is 10.2 Å². The van der Waals surface area contributed by atoms with Crippen molar-refractivity contribution >= 4 is 47.1 Å². The van der Waals surface area contributed by atoms with Crippen molar-refractivity contribution in [2.24, 2.45) is 5.10 Å². The van der Waals surface area contributed by atoms with Gasteiger partial charge in [-0.2, -0.15) is 5.10 Å². The van der Waals surface area contributed by atoms with Crippen LogP contribution in [0, 0.1) is 0 Å². The third kappa shape index (κ3) is 6.22. The van der Waals surface area contributed by atoms with Gasteiger partial charge in [-0.3, -0.25) is 9.59 Å². The number of rotatable bonds is 9. The van der Waals surface area contributed by atoms with E-state index in [1.165, 1.54) is 11.6 Å². The van der Waals surface area contributed by atoms with Gasteiger partial charge in [0.25, 0.3) is 5.95 Å². The van der Waals surface area contributed by atoms with Gasteiger partial charge in [0.15, 0.2) is 0 Å². The van der Waals surface area contributed by atoms with E-state index in [2.05, 4.69) is 31.4 Å². The predicted molar refractivity (Wildman–Crippen MR) is 124 cm³/mol. The number of hydrazone groups is 1. The Hall–Kier alpha value is -4.06. The van der Waals surface area contributed by atoms with E-state index in [1.807, 2.05) is 24.3 Å². The lowest BCUT2D eigenvalue weighted by Crippen LogP contribution is -2.17. The molecular formula is C20H22N8O3S. The number of ether oxygens (including phenoxy) is 1. The molecule has 12 heteroatoms. The quantitative estimate of drug-likeness (QED) is 0.166. The molecule has 32 heavy (non-hydrogen) atoms. The van der Waals surface area contributed by atoms with Gasteiger partial charge in [0.1, 0.15) is 5.75 Å². The zero-order valence-electron chi connectivity index (χ0n) is 17.4. The van der Waals surface area contributed by atoms with E-state index in [0.717, 1.165) is 17.3 Å². The van der Waals surface area contributed by atoms with Gasteiger partial charge in [-0.1, -0.05) is 30.0 Å². The fourth-order valence-electron chi connectivity index (χ4n) is 2.59. The van der Waals surface area contributed by atoms with Crippen LogP contribution in [-0.2, 0) is 9.59 Å². The largest absolute Gasteiger partial charge is 0.496 e. The Morgan fingerprint density at radius 3 is 2.66 bits per heavy atom. The fourth-order valence-corrected chi connectivity index (χ4v) is 3.25. The molecule has 3 rings (SSSR count). The molecule has 0 spiro atoms. The van der Waals surface area contributed by atoms with E-state index >= 15 is 0 Å². The molecule has 0 aliphatic heterocycles. The Morgan fingerprint density at radius 1 is 1.16 bits per heavy atom. The van der Waals surface area contributed by atoms with Crippen LogP contribution in [0.5, 0.6) is 5.75 Å². The second-order valence-electron chi connectivity index (χ2n) is 6.39. The molecular weight excluding hydrogens is 432 g/mol. The topological polar surface area (TPSA) is 149 Å². The maximum absolute atomic E-state index is 12.3. The first-order valence-corrected chi connectivity index (χ1v) is 10.4. The van der Waals surface area contributed by atoms with Gasteiger partial charge in [-0.25, -0.2) is 10.1 Å². The highest BCUT2D eigenvalue weighted by Crippen LogP contribution is 2.19. The smallest absolute Gasteiger partial charge is 0.264 e. The van der Waals surface area contributed by atoms with Gasteiger partial charge in [-0.05, 0) is 30.3 Å². The molecule has 3 aromatic rings. The number of carbonyl (C=O) groups is 2. The van der Waals surface area contributed by atoms with Gasteiger partial charge in [0, 0.05) is 23.9 Å². The summed E-state index contributed by atoms with van der Waals surface area (Å²) in [7, 11) is 1.58. The molecule has 0 fully saturated rings. The molecule has 11 nitrogen and oxygen atoms in total. The standard InChI is InChI=1S/C20H22N8O3S/c1-13(29)23-15-7-5-8-16(10-15)24-18(30)12-32-20-27-26-19(28(20)21)25-22-11-14-6-3-4-9-17(14)31-2/h3-11H,12,21H2,1-2H3,(H,23,29)(H,24,30)(H,25,26)/b22-11+. The number of benzene rings is 2. The van der Waals surface area contributed by atoms with Crippen molar-refractivity contribution in [3.8, 4) is 5.75 Å². The first-order valence-electron chi connectivity index (χ1n) is 9.39. The summed E-state index contributed by atoms with van der Waals surface area (Å²) in [6, 6.07) is 14.2. The number of amides is 2. The average Bonchev–Trinajstić information content (AvgIpc) is 3.12. The summed E-state index contributed by atoms with van der Waals surface area (Å²) < 4.78 is 6.46. The van der Waals surface area contributed by atoms with Gasteiger partial charge >= 0.3 is 0 Å². The van der Waals surface area contributed by atoms with Crippen LogP contribution in [-0.4, -0.2) is 45.8 Å². The second kappa shape index (κ2) is 10.8. The number of nitrogens with two attached hydrogens (primary N) is 1. The second-order valence-corrected chi connectivity index (χ2v) is 7.33. The summed E-state index contributed by atoms with van der Waals surface area (Å²) in [4.78, 5) is 23.4. The number of nitrogen functional groups attached to an aromatic ring is 1. The molecule has 0 radical (unpaired) electrons. The number of nitrogens with zero attached hydrogens (tertiary/aromatic N) is 4. The molecule has 0 aliphatic carbocycles. The van der Waals surface area contributed by atoms with Crippen LogP contribution in [0.4, 0.5) is 17.3 Å². The van der Waals surface area contributed by atoms with Crippen LogP contribution in [0.3, 0.4) is 0 Å². The molecule has 1 aromatic heterocycles. The van der Waals surface area contributed by atoms with Crippen molar-refractivity contribution in [1.82, 2.24) is 14.9 Å². The molecule has 0 aliphatic rings. The maximum Gasteiger partial charge on any atom is 0.264 e. The van der Waals surface area contributed by atoms with Crippen LogP contribution in [0.1, 0.15) is 12.5 Å². The summed E-state index contributed by atoms with van der Waals surface area (Å²) >= 11 is 1.12. The molecule has 2 amide bonds. The minimum absolute atomic E-state index is 0.0597. The van der Waals surface area contributed by atoms with E-state index in [9.17, 15) is 9.59 Å². The number of nitrogens with one attached hydrogen (secondary N) is 3. The first kappa shape index (κ1) is 22.6. The number of carbonyl (C=O) groups excluding carboxylic acids is 2. The molecule has 1 heterocycles. The van der Waals surface area contributed by atoms with E-state index in [1.54, 1.807) is 37.6 Å². The Balaban J connectivity index is 1.54. The van der Waals surface area contributed by atoms with Crippen LogP contribution in [0.2, 0.25) is 0 Å². The minimum atomic E-state index is -0.262. The molecule has 0 unspecified atom stereocenters. The van der Waals surface area contributed by atoms with Crippen LogP contribution >= 0.6 is 11.8 Å². The Morgan fingerprint density at radius 2 is 1.91 bits per heavy atom. The lowest BCUT2D eigenvalue weighted by Gasteiger charge is -2.07. The lowest BCUT2D eigenvalue weighted by molar-refractivity contribution is -0.114. The fraction of sp³-hybridized carbons (Fsp3) is 0.150. The number of hydrogen-bond donors (Lipinski definition) is 4. The molecule has 5 N–H and O–H groups in total. The number of anilines is 3. The van der Waals surface area contributed by atoms with Crippen molar-refractivity contribution < 1.29 is 14.3 Å². The lowest BCUT2D eigenvalue weighted by atomic mass is 10.2. The zero-order chi connectivity index (χ0) is 22.9. The minimum Gasteiger partial charge on any atom is -0.496 e. The molecule has 0 bridgehead atoms. The van der Waals surface area contributed by atoms with Crippen molar-refractivity contribution in [2.75, 3.05) is 34.8 Å². The molecule has 0 atom stereocenters. The monoisotopic (exact) mass is 454 g/mol. The van der Waals surface area contributed by atoms with Crippen molar-refractivity contribution in [2.45, 2.75) is 12.1 Å². The number of thioether (sulfide) groups is 1. The van der Waals surface area contributed by atoms with Gasteiger partial charge in [0.05, 0.1) is 19.1 Å². The Bertz CT molecular complexity index is 1130. The summed E-state index contributed by atoms with van der Waals surface area (Å²) in [5, 5.41) is 17.7. The van der Waals surface area contributed by atoms with E-state index in [4.69, 9.17) is 10.6 Å². The number of aromatic nitrogens is 3. The molecule has 0 saturated carbocycles. The third-order valence-electron chi connectivity index (χ3n) is 3.97. The zero-order valence-corrected chi connectivity index (χ0v) is 18.2. The molecule has 0 saturated heterocycles. The Labute approximate surface area is 188 Å². The van der Waals surface area contributed by atoms with Gasteiger partial charge < -0.3 is 21.2 Å². The number of para-hydroxylation sites is 1. The highest BCUT2D eigenvalue weighted by molar-refractivity contribution is 7.99. The van der Waals surface area contributed by atoms with Crippen LogP contribution < -0.4 is 26.6 Å². The normalized spacial score (nSPS) is 10.7. The first-order chi connectivity index (χ1) is 15.5. The summed E-state index contributed by atoms with van der Waals surface area (Å²) in [5.41, 5.74) is 4.64. The average molecular weight is 455 g/mol. The van der Waals surface area contributed by atoms with Gasteiger partial charge in [0.2, 0.25) is 17.0 Å².